The fourth-order valence-electron chi connectivity index (χ4n) is 1.94. The molecule has 6 heteroatoms. The number of nitrogens with zero attached hydrogens (tertiary/aromatic N) is 2. The smallest absolute Gasteiger partial charge is 0.240 e. The van der Waals surface area contributed by atoms with Gasteiger partial charge in [0.1, 0.15) is 6.54 Å². The summed E-state index contributed by atoms with van der Waals surface area (Å²) in [5, 5.41) is 3.19. The third-order valence-electron chi connectivity index (χ3n) is 3.04. The van der Waals surface area contributed by atoms with Gasteiger partial charge in [-0.1, -0.05) is 29.8 Å². The molecule has 2 aromatic rings. The Labute approximate surface area is 133 Å². The minimum absolute atomic E-state index is 0.0840. The molecule has 0 radical (unpaired) electrons. The Morgan fingerprint density at radius 2 is 2.00 bits per heavy atom. The summed E-state index contributed by atoms with van der Waals surface area (Å²) in [5.74, 6) is -0.511. The van der Waals surface area contributed by atoms with Crippen molar-refractivity contribution in [2.75, 3.05) is 11.4 Å². The molecule has 0 fully saturated rings. The minimum Gasteiger partial charge on any atom is -0.350 e. The topological polar surface area (TPSA) is 62.3 Å². The van der Waals surface area contributed by atoms with E-state index in [0.29, 0.717) is 17.3 Å². The van der Waals surface area contributed by atoms with E-state index in [0.717, 1.165) is 5.56 Å². The quantitative estimate of drug-likeness (QED) is 0.921. The number of aromatic nitrogens is 1. The average molecular weight is 318 g/mol. The number of benzene rings is 1. The third kappa shape index (κ3) is 4.30. The van der Waals surface area contributed by atoms with Gasteiger partial charge >= 0.3 is 0 Å². The molecule has 0 aliphatic rings. The third-order valence-corrected chi connectivity index (χ3v) is 3.36. The van der Waals surface area contributed by atoms with Crippen molar-refractivity contribution >= 4 is 29.1 Å². The number of carbonyl (C=O) groups is 2. The summed E-state index contributed by atoms with van der Waals surface area (Å²) in [6, 6.07) is 10.6. The number of hydrogen-bond acceptors (Lipinski definition) is 3. The molecule has 1 heterocycles. The molecule has 2 amide bonds. The van der Waals surface area contributed by atoms with Gasteiger partial charge in [-0.05, 0) is 23.8 Å². The second-order valence-corrected chi connectivity index (χ2v) is 5.10. The number of para-hydroxylation sites is 1. The summed E-state index contributed by atoms with van der Waals surface area (Å²) in [7, 11) is 0. The van der Waals surface area contributed by atoms with Crippen LogP contribution in [0.4, 0.5) is 5.69 Å². The first-order valence-electron chi connectivity index (χ1n) is 6.76. The Kier molecular flexibility index (Phi) is 5.49. The van der Waals surface area contributed by atoms with Crippen molar-refractivity contribution in [2.24, 2.45) is 0 Å². The van der Waals surface area contributed by atoms with Crippen LogP contribution in [0, 0.1) is 0 Å². The summed E-state index contributed by atoms with van der Waals surface area (Å²) in [4.78, 5) is 29.2. The van der Waals surface area contributed by atoms with Crippen molar-refractivity contribution in [3.8, 4) is 0 Å². The molecule has 5 nitrogen and oxygen atoms in total. The highest BCUT2D eigenvalue weighted by Gasteiger charge is 2.17. The van der Waals surface area contributed by atoms with Gasteiger partial charge in [-0.15, -0.1) is 0 Å². The number of nitrogens with one attached hydrogen (secondary N) is 1. The van der Waals surface area contributed by atoms with Crippen molar-refractivity contribution in [3.63, 3.8) is 0 Å². The molecule has 0 saturated carbocycles. The molecular weight excluding hydrogens is 302 g/mol. The lowest BCUT2D eigenvalue weighted by molar-refractivity contribution is -0.123. The van der Waals surface area contributed by atoms with E-state index >= 15 is 0 Å². The van der Waals surface area contributed by atoms with Gasteiger partial charge in [-0.2, -0.15) is 0 Å². The maximum absolute atomic E-state index is 12.0. The van der Waals surface area contributed by atoms with Crippen LogP contribution in [-0.2, 0) is 16.1 Å². The first kappa shape index (κ1) is 16.0. The van der Waals surface area contributed by atoms with Gasteiger partial charge in [-0.25, -0.2) is 0 Å². The Balaban J connectivity index is 2.01. The summed E-state index contributed by atoms with van der Waals surface area (Å²) in [6.45, 7) is 1.68. The molecule has 2 rings (SSSR count). The number of hydrogen-bond donors (Lipinski definition) is 1. The molecule has 0 unspecified atom stereocenters. The van der Waals surface area contributed by atoms with Gasteiger partial charge in [-0.3, -0.25) is 14.6 Å². The number of rotatable bonds is 5. The normalized spacial score (nSPS) is 10.1. The fraction of sp³-hybridized carbons (Fsp3) is 0.188. The van der Waals surface area contributed by atoms with Crippen LogP contribution in [0.3, 0.4) is 0 Å². The largest absolute Gasteiger partial charge is 0.350 e. The van der Waals surface area contributed by atoms with Crippen molar-refractivity contribution in [2.45, 2.75) is 13.5 Å². The lowest BCUT2D eigenvalue weighted by Gasteiger charge is -2.21. The molecule has 114 valence electrons. The molecule has 0 bridgehead atoms. The average Bonchev–Trinajstić information content (AvgIpc) is 2.52. The van der Waals surface area contributed by atoms with Gasteiger partial charge in [0, 0.05) is 25.9 Å². The van der Waals surface area contributed by atoms with Crippen LogP contribution in [-0.4, -0.2) is 23.3 Å². The predicted octanol–water partition coefficient (Wildman–Crippen LogP) is 2.40. The second kappa shape index (κ2) is 7.56. The summed E-state index contributed by atoms with van der Waals surface area (Å²) in [5.41, 5.74) is 1.41. The van der Waals surface area contributed by atoms with Crippen LogP contribution in [0.5, 0.6) is 0 Å². The number of halogens is 1. The fourth-order valence-corrected chi connectivity index (χ4v) is 2.18. The van der Waals surface area contributed by atoms with Crippen LogP contribution < -0.4 is 10.2 Å². The van der Waals surface area contributed by atoms with Crippen molar-refractivity contribution in [3.05, 3.63) is 59.4 Å². The van der Waals surface area contributed by atoms with Crippen LogP contribution in [0.15, 0.2) is 48.8 Å². The molecule has 0 atom stereocenters. The van der Waals surface area contributed by atoms with Gasteiger partial charge in [0.05, 0.1) is 10.7 Å². The number of carbonyl (C=O) groups excluding carboxylic acids is 2. The molecule has 0 aliphatic carbocycles. The van der Waals surface area contributed by atoms with Crippen LogP contribution in [0.1, 0.15) is 12.5 Å². The van der Waals surface area contributed by atoms with Crippen LogP contribution in [0.25, 0.3) is 0 Å². The van der Waals surface area contributed by atoms with E-state index in [2.05, 4.69) is 10.3 Å². The molecule has 0 saturated heterocycles. The Morgan fingerprint density at radius 1 is 1.23 bits per heavy atom. The standard InChI is InChI=1S/C16H16ClN3O2/c1-12(21)20(15-7-3-2-6-14(15)17)11-16(22)19-10-13-5-4-8-18-9-13/h2-9H,10-11H2,1H3,(H,19,22). The molecule has 22 heavy (non-hydrogen) atoms. The van der Waals surface area contributed by atoms with E-state index < -0.39 is 0 Å². The van der Waals surface area contributed by atoms with Crippen molar-refractivity contribution in [1.29, 1.82) is 0 Å². The number of pyridine rings is 1. The Morgan fingerprint density at radius 3 is 2.64 bits per heavy atom. The van der Waals surface area contributed by atoms with E-state index in [1.54, 1.807) is 42.7 Å². The van der Waals surface area contributed by atoms with Crippen molar-refractivity contribution < 1.29 is 9.59 Å². The van der Waals surface area contributed by atoms with E-state index in [1.165, 1.54) is 11.8 Å². The van der Waals surface area contributed by atoms with Gasteiger partial charge in [0.2, 0.25) is 11.8 Å². The first-order chi connectivity index (χ1) is 10.6. The van der Waals surface area contributed by atoms with Gasteiger partial charge in [0.25, 0.3) is 0 Å². The summed E-state index contributed by atoms with van der Waals surface area (Å²) in [6.07, 6.45) is 3.34. The summed E-state index contributed by atoms with van der Waals surface area (Å²) >= 11 is 6.09. The van der Waals surface area contributed by atoms with E-state index in [9.17, 15) is 9.59 Å². The number of amides is 2. The lowest BCUT2D eigenvalue weighted by Crippen LogP contribution is -2.39. The highest BCUT2D eigenvalue weighted by molar-refractivity contribution is 6.33. The van der Waals surface area contributed by atoms with Crippen molar-refractivity contribution in [1.82, 2.24) is 10.3 Å². The zero-order chi connectivity index (χ0) is 15.9. The van der Waals surface area contributed by atoms with Crippen LogP contribution in [0.2, 0.25) is 5.02 Å². The summed E-state index contributed by atoms with van der Waals surface area (Å²) < 4.78 is 0. The first-order valence-corrected chi connectivity index (χ1v) is 7.14. The molecule has 1 N–H and O–H groups in total. The van der Waals surface area contributed by atoms with E-state index in [-0.39, 0.29) is 18.4 Å². The molecular formula is C16H16ClN3O2. The van der Waals surface area contributed by atoms with Crippen LogP contribution >= 0.6 is 11.6 Å². The lowest BCUT2D eigenvalue weighted by atomic mass is 10.2. The second-order valence-electron chi connectivity index (χ2n) is 4.69. The van der Waals surface area contributed by atoms with Gasteiger partial charge in [0.15, 0.2) is 0 Å². The Bertz CT molecular complexity index is 661. The zero-order valence-electron chi connectivity index (χ0n) is 12.1. The maximum atomic E-state index is 12.0. The number of anilines is 1. The molecule has 1 aromatic carbocycles. The zero-order valence-corrected chi connectivity index (χ0v) is 12.9. The predicted molar refractivity (Wildman–Crippen MR) is 85.6 cm³/mol. The molecule has 0 aliphatic heterocycles. The Hall–Kier alpha value is -2.40. The highest BCUT2D eigenvalue weighted by atomic mass is 35.5. The van der Waals surface area contributed by atoms with E-state index in [1.807, 2.05) is 6.07 Å². The molecule has 1 aromatic heterocycles. The van der Waals surface area contributed by atoms with E-state index in [4.69, 9.17) is 11.6 Å². The van der Waals surface area contributed by atoms with Gasteiger partial charge < -0.3 is 10.2 Å². The monoisotopic (exact) mass is 317 g/mol. The molecule has 0 spiro atoms. The highest BCUT2D eigenvalue weighted by Crippen LogP contribution is 2.25. The SMILES string of the molecule is CC(=O)N(CC(=O)NCc1cccnc1)c1ccccc1Cl. The maximum Gasteiger partial charge on any atom is 0.240 e. The minimum atomic E-state index is -0.265.